The van der Waals surface area contributed by atoms with Crippen molar-refractivity contribution in [1.29, 1.82) is 0 Å². The Morgan fingerprint density at radius 3 is 2.37 bits per heavy atom. The lowest BCUT2D eigenvalue weighted by molar-refractivity contribution is -0.154. The fourth-order valence-corrected chi connectivity index (χ4v) is 6.83. The SMILES string of the molecule is CCn1nc(C(=O)NCC2CCC(S(C)(=O)=O)CC2)c(Cl)c1-c1ccc(CC(C)(C)CC(F)(F)F)cc1OC(F)F. The van der Waals surface area contributed by atoms with E-state index in [-0.39, 0.29) is 51.9 Å². The molecule has 0 bridgehead atoms. The predicted molar refractivity (Wildman–Crippen MR) is 146 cm³/mol. The zero-order valence-electron chi connectivity index (χ0n) is 23.3. The molecule has 0 atom stereocenters. The number of aromatic nitrogens is 2. The van der Waals surface area contributed by atoms with Crippen molar-refractivity contribution in [3.05, 3.63) is 34.5 Å². The third-order valence-electron chi connectivity index (χ3n) is 7.24. The molecule has 1 saturated carbocycles. The van der Waals surface area contributed by atoms with Gasteiger partial charge >= 0.3 is 12.8 Å². The van der Waals surface area contributed by atoms with Gasteiger partial charge in [0.25, 0.3) is 5.91 Å². The minimum absolute atomic E-state index is 0.0487. The summed E-state index contributed by atoms with van der Waals surface area (Å²) >= 11 is 6.58. The quantitative estimate of drug-likeness (QED) is 0.281. The lowest BCUT2D eigenvalue weighted by Gasteiger charge is -2.27. The van der Waals surface area contributed by atoms with Crippen LogP contribution in [-0.4, -0.2) is 54.9 Å². The van der Waals surface area contributed by atoms with Gasteiger partial charge < -0.3 is 10.1 Å². The molecule has 1 aliphatic rings. The number of sulfone groups is 1. The van der Waals surface area contributed by atoms with Crippen molar-refractivity contribution in [1.82, 2.24) is 15.1 Å². The Balaban J connectivity index is 1.84. The Hall–Kier alpha value is -2.41. The number of nitrogens with one attached hydrogen (secondary N) is 1. The molecular formula is C27H35ClF5N3O4S. The highest BCUT2D eigenvalue weighted by Crippen LogP contribution is 2.41. The highest BCUT2D eigenvalue weighted by molar-refractivity contribution is 7.91. The summed E-state index contributed by atoms with van der Waals surface area (Å²) in [6.45, 7) is 1.90. The average Bonchev–Trinajstić information content (AvgIpc) is 3.16. The molecule has 0 unspecified atom stereocenters. The summed E-state index contributed by atoms with van der Waals surface area (Å²) in [4.78, 5) is 13.0. The Morgan fingerprint density at radius 2 is 1.83 bits per heavy atom. The average molecular weight is 628 g/mol. The normalized spacial score (nSPS) is 18.5. The Bertz CT molecular complexity index is 1340. The van der Waals surface area contributed by atoms with Crippen LogP contribution in [0, 0.1) is 11.3 Å². The summed E-state index contributed by atoms with van der Waals surface area (Å²) in [5.41, 5.74) is -0.683. The molecule has 0 radical (unpaired) electrons. The smallest absolute Gasteiger partial charge is 0.389 e. The van der Waals surface area contributed by atoms with E-state index in [0.717, 1.165) is 0 Å². The third kappa shape index (κ3) is 9.04. The maximum absolute atomic E-state index is 13.4. The molecule has 2 aromatic rings. The first kappa shape index (κ1) is 33.1. The van der Waals surface area contributed by atoms with Gasteiger partial charge in [0.2, 0.25) is 0 Å². The van der Waals surface area contributed by atoms with E-state index >= 15 is 0 Å². The number of hydrogen-bond acceptors (Lipinski definition) is 5. The van der Waals surface area contributed by atoms with Crippen LogP contribution in [-0.2, 0) is 22.8 Å². The topological polar surface area (TPSA) is 90.3 Å². The van der Waals surface area contributed by atoms with Crippen LogP contribution in [0.3, 0.4) is 0 Å². The Morgan fingerprint density at radius 1 is 1.20 bits per heavy atom. The monoisotopic (exact) mass is 627 g/mol. The van der Waals surface area contributed by atoms with Crippen molar-refractivity contribution < 1.29 is 39.9 Å². The van der Waals surface area contributed by atoms with Gasteiger partial charge in [-0.25, -0.2) is 8.42 Å². The summed E-state index contributed by atoms with van der Waals surface area (Å²) < 4.78 is 95.4. The number of ether oxygens (including phenoxy) is 1. The number of hydrogen-bond donors (Lipinski definition) is 1. The molecule has 1 heterocycles. The van der Waals surface area contributed by atoms with Crippen LogP contribution >= 0.6 is 11.6 Å². The van der Waals surface area contributed by atoms with Crippen LogP contribution in [0.15, 0.2) is 18.2 Å². The maximum atomic E-state index is 13.4. The van der Waals surface area contributed by atoms with Gasteiger partial charge in [0.15, 0.2) is 5.69 Å². The predicted octanol–water partition coefficient (Wildman–Crippen LogP) is 6.68. The van der Waals surface area contributed by atoms with Gasteiger partial charge in [-0.05, 0) is 68.1 Å². The third-order valence-corrected chi connectivity index (χ3v) is 9.28. The molecule has 14 heteroatoms. The van der Waals surface area contributed by atoms with Crippen molar-refractivity contribution in [2.75, 3.05) is 12.8 Å². The van der Waals surface area contributed by atoms with Gasteiger partial charge in [0.05, 0.1) is 16.0 Å². The number of carbonyl (C=O) groups is 1. The van der Waals surface area contributed by atoms with Crippen LogP contribution in [0.5, 0.6) is 5.75 Å². The fourth-order valence-electron chi connectivity index (χ4n) is 5.38. The highest BCUT2D eigenvalue weighted by Gasteiger charge is 2.37. The number of rotatable bonds is 11. The van der Waals surface area contributed by atoms with Gasteiger partial charge in [-0.1, -0.05) is 31.5 Å². The first-order chi connectivity index (χ1) is 18.9. The highest BCUT2D eigenvalue weighted by atomic mass is 35.5. The molecule has 3 rings (SSSR count). The number of alkyl halides is 5. The second kappa shape index (κ2) is 12.8. The van der Waals surface area contributed by atoms with Crippen LogP contribution in [0.2, 0.25) is 5.02 Å². The second-order valence-electron chi connectivity index (χ2n) is 11.4. The minimum Gasteiger partial charge on any atom is -0.434 e. The van der Waals surface area contributed by atoms with Gasteiger partial charge in [0, 0.05) is 31.3 Å². The summed E-state index contributed by atoms with van der Waals surface area (Å²) in [7, 11) is -3.11. The second-order valence-corrected chi connectivity index (χ2v) is 14.1. The van der Waals surface area contributed by atoms with Crippen molar-refractivity contribution in [3.8, 4) is 17.0 Å². The molecule has 1 amide bonds. The van der Waals surface area contributed by atoms with Gasteiger partial charge in [-0.2, -0.15) is 27.1 Å². The van der Waals surface area contributed by atoms with Crippen molar-refractivity contribution in [2.45, 2.75) is 83.9 Å². The van der Waals surface area contributed by atoms with E-state index in [0.29, 0.717) is 37.8 Å². The van der Waals surface area contributed by atoms with E-state index < -0.39 is 40.4 Å². The van der Waals surface area contributed by atoms with E-state index in [1.54, 1.807) is 6.92 Å². The molecule has 0 spiro atoms. The lowest BCUT2D eigenvalue weighted by Crippen LogP contribution is -2.34. The van der Waals surface area contributed by atoms with E-state index in [2.05, 4.69) is 10.4 Å². The zero-order chi connectivity index (χ0) is 30.8. The van der Waals surface area contributed by atoms with E-state index in [1.807, 2.05) is 0 Å². The molecule has 7 nitrogen and oxygen atoms in total. The van der Waals surface area contributed by atoms with Crippen LogP contribution in [0.1, 0.15) is 68.9 Å². The number of benzene rings is 1. The number of carbonyl (C=O) groups excluding carboxylic acids is 1. The minimum atomic E-state index is -4.39. The van der Waals surface area contributed by atoms with Crippen LogP contribution < -0.4 is 10.1 Å². The van der Waals surface area contributed by atoms with E-state index in [1.165, 1.54) is 43.0 Å². The van der Waals surface area contributed by atoms with Gasteiger partial charge in [0.1, 0.15) is 15.6 Å². The molecule has 0 saturated heterocycles. The maximum Gasteiger partial charge on any atom is 0.389 e. The molecule has 1 N–H and O–H groups in total. The van der Waals surface area contributed by atoms with E-state index in [9.17, 15) is 35.2 Å². The van der Waals surface area contributed by atoms with Crippen molar-refractivity contribution in [2.24, 2.45) is 11.3 Å². The lowest BCUT2D eigenvalue weighted by atomic mass is 9.82. The molecular weight excluding hydrogens is 593 g/mol. The van der Waals surface area contributed by atoms with Crippen LogP contribution in [0.25, 0.3) is 11.3 Å². The standard InChI is InChI=1S/C27H35ClF5N3O4S/c1-5-36-23(19-11-8-17(12-20(19)40-25(29)30)13-26(2,3)15-27(31,32)33)21(28)22(35-36)24(37)34-14-16-6-9-18(10-7-16)41(4,38)39/h8,11-12,16,18,25H,5-7,9-10,13-15H2,1-4H3,(H,34,37). The summed E-state index contributed by atoms with van der Waals surface area (Å²) in [5, 5.41) is 6.60. The molecule has 41 heavy (non-hydrogen) atoms. The van der Waals surface area contributed by atoms with Crippen molar-refractivity contribution >= 4 is 27.3 Å². The molecule has 230 valence electrons. The fraction of sp³-hybridized carbons (Fsp3) is 0.630. The summed E-state index contributed by atoms with van der Waals surface area (Å²) in [6.07, 6.45) is -1.95. The van der Waals surface area contributed by atoms with Gasteiger partial charge in [-0.3, -0.25) is 9.48 Å². The molecule has 0 aliphatic heterocycles. The number of halogens is 6. The van der Waals surface area contributed by atoms with Crippen LogP contribution in [0.4, 0.5) is 22.0 Å². The Kier molecular flexibility index (Phi) is 10.4. The first-order valence-corrected chi connectivity index (χ1v) is 15.6. The van der Waals surface area contributed by atoms with Crippen molar-refractivity contribution in [3.63, 3.8) is 0 Å². The number of nitrogens with zero attached hydrogens (tertiary/aromatic N) is 2. The molecule has 1 aromatic heterocycles. The largest absolute Gasteiger partial charge is 0.434 e. The van der Waals surface area contributed by atoms with Gasteiger partial charge in [-0.15, -0.1) is 0 Å². The molecule has 1 fully saturated rings. The first-order valence-electron chi connectivity index (χ1n) is 13.3. The number of aryl methyl sites for hydroxylation is 1. The molecule has 1 aromatic carbocycles. The summed E-state index contributed by atoms with van der Waals surface area (Å²) in [6, 6.07) is 4.20. The zero-order valence-corrected chi connectivity index (χ0v) is 24.9. The number of amides is 1. The Labute approximate surface area is 241 Å². The molecule has 1 aliphatic carbocycles. The van der Waals surface area contributed by atoms with E-state index in [4.69, 9.17) is 16.3 Å². The summed E-state index contributed by atoms with van der Waals surface area (Å²) in [5.74, 6) is -0.786.